The van der Waals surface area contributed by atoms with E-state index in [1.165, 1.54) is 29.1 Å². The van der Waals surface area contributed by atoms with Crippen molar-refractivity contribution in [2.75, 3.05) is 0 Å². The molecule has 0 aliphatic carbocycles. The summed E-state index contributed by atoms with van der Waals surface area (Å²) < 4.78 is 49.4. The zero-order valence-electron chi connectivity index (χ0n) is 33.1. The van der Waals surface area contributed by atoms with Crippen molar-refractivity contribution in [3.63, 3.8) is 0 Å². The standard InChI is InChI=1S/C23H22NO.C21H17N2.Ir/c1-15-14-24-20(12-16(15)13-23(2,3)4)19-10-7-9-18-17-8-5-6-11-21(17)25-22(18)19;1-15-9-8-10-16(2)20(15)23-19-14-7-6-13-18(19)22-21(23)17-11-4-3-5-12-17;/h5-9,11-12,14H,13H2,1-4H3;3-11,13-14H,1-2H3;/q2*-1;/i1D3,13D2;;. The minimum atomic E-state index is -2.48. The van der Waals surface area contributed by atoms with Crippen LogP contribution >= 0.6 is 0 Å². The zero-order chi connectivity index (χ0) is 37.7. The van der Waals surface area contributed by atoms with Crippen molar-refractivity contribution in [2.24, 2.45) is 5.41 Å². The summed E-state index contributed by atoms with van der Waals surface area (Å²) in [6.45, 7) is 7.08. The van der Waals surface area contributed by atoms with E-state index in [1.807, 2.05) is 54.6 Å². The minimum absolute atomic E-state index is 0. The number of aryl methyl sites for hydroxylation is 3. The first-order valence-electron chi connectivity index (χ1n) is 18.5. The maximum Gasteiger partial charge on any atom is 0.120 e. The third-order valence-corrected chi connectivity index (χ3v) is 8.18. The Hall–Kier alpha value is -4.83. The Morgan fingerprint density at radius 2 is 1.57 bits per heavy atom. The Balaban J connectivity index is 0.000000187. The van der Waals surface area contributed by atoms with Crippen LogP contribution in [0.3, 0.4) is 0 Å². The number of rotatable bonds is 4. The molecule has 3 aromatic heterocycles. The van der Waals surface area contributed by atoms with E-state index in [0.717, 1.165) is 38.8 Å². The first-order valence-corrected chi connectivity index (χ1v) is 16.0. The molecule has 0 atom stereocenters. The molecule has 0 aliphatic rings. The molecule has 5 aromatic carbocycles. The molecular formula is C44H39IrN3O-2. The molecule has 0 aliphatic heterocycles. The number of benzene rings is 5. The van der Waals surface area contributed by atoms with Gasteiger partial charge in [-0.2, -0.15) is 0 Å². The van der Waals surface area contributed by atoms with E-state index in [9.17, 15) is 0 Å². The van der Waals surface area contributed by atoms with E-state index in [2.05, 4.69) is 78.0 Å². The summed E-state index contributed by atoms with van der Waals surface area (Å²) >= 11 is 0. The number of hydrogen-bond donors (Lipinski definition) is 0. The molecule has 0 spiro atoms. The van der Waals surface area contributed by atoms with Crippen LogP contribution in [0.5, 0.6) is 0 Å². The van der Waals surface area contributed by atoms with Gasteiger partial charge in [-0.25, -0.2) is 0 Å². The van der Waals surface area contributed by atoms with Gasteiger partial charge in [0.1, 0.15) is 5.58 Å². The molecule has 3 heterocycles. The second-order valence-corrected chi connectivity index (χ2v) is 13.0. The summed E-state index contributed by atoms with van der Waals surface area (Å²) in [5.41, 5.74) is 8.36. The van der Waals surface area contributed by atoms with Crippen molar-refractivity contribution >= 4 is 33.0 Å². The van der Waals surface area contributed by atoms with Crippen LogP contribution in [0.4, 0.5) is 0 Å². The number of imidazole rings is 1. The van der Waals surface area contributed by atoms with E-state index in [1.54, 1.807) is 26.8 Å². The number of para-hydroxylation sites is 4. The van der Waals surface area contributed by atoms with Crippen LogP contribution in [0.15, 0.2) is 120 Å². The quantitative estimate of drug-likeness (QED) is 0.166. The van der Waals surface area contributed by atoms with Crippen LogP contribution in [0.1, 0.15) is 49.9 Å². The third-order valence-electron chi connectivity index (χ3n) is 8.18. The van der Waals surface area contributed by atoms with Gasteiger partial charge in [0, 0.05) is 44.2 Å². The number of hydrogen-bond acceptors (Lipinski definition) is 3. The molecule has 1 radical (unpaired) electrons. The molecular weight excluding hydrogens is 779 g/mol. The molecule has 4 nitrogen and oxygen atoms in total. The molecule has 0 saturated carbocycles. The Bertz CT molecular complexity index is 2580. The van der Waals surface area contributed by atoms with Gasteiger partial charge in [0.25, 0.3) is 0 Å². The van der Waals surface area contributed by atoms with Crippen molar-refractivity contribution in [3.05, 3.63) is 150 Å². The van der Waals surface area contributed by atoms with E-state index < -0.39 is 18.6 Å². The zero-order valence-corrected chi connectivity index (χ0v) is 30.4. The van der Waals surface area contributed by atoms with Crippen molar-refractivity contribution in [2.45, 2.75) is 47.8 Å². The van der Waals surface area contributed by atoms with Crippen molar-refractivity contribution < 1.29 is 31.4 Å². The normalized spacial score (nSPS) is 13.4. The molecule has 247 valence electrons. The summed E-state index contributed by atoms with van der Waals surface area (Å²) in [4.78, 5) is 9.25. The summed E-state index contributed by atoms with van der Waals surface area (Å²) in [6, 6.07) is 42.0. The van der Waals surface area contributed by atoms with Crippen LogP contribution in [-0.2, 0) is 26.5 Å². The third kappa shape index (κ3) is 6.87. The molecule has 0 saturated heterocycles. The predicted octanol–water partition coefficient (Wildman–Crippen LogP) is 11.5. The van der Waals surface area contributed by atoms with E-state index in [-0.39, 0.29) is 31.2 Å². The molecule has 5 heteroatoms. The molecule has 0 unspecified atom stereocenters. The summed E-state index contributed by atoms with van der Waals surface area (Å²) in [6.07, 6.45) is -0.632. The molecule has 0 fully saturated rings. The molecule has 8 rings (SSSR count). The average molecular weight is 823 g/mol. The maximum atomic E-state index is 8.70. The fourth-order valence-electron chi connectivity index (χ4n) is 6.10. The molecule has 0 N–H and O–H groups in total. The molecule has 0 bridgehead atoms. The summed E-state index contributed by atoms with van der Waals surface area (Å²) in [5, 5.41) is 1.87. The maximum absolute atomic E-state index is 8.70. The number of furan rings is 1. The predicted molar refractivity (Wildman–Crippen MR) is 198 cm³/mol. The molecule has 0 amide bonds. The average Bonchev–Trinajstić information content (AvgIpc) is 3.70. The van der Waals surface area contributed by atoms with Gasteiger partial charge >= 0.3 is 0 Å². The second-order valence-electron chi connectivity index (χ2n) is 13.0. The van der Waals surface area contributed by atoms with Crippen LogP contribution in [0.2, 0.25) is 0 Å². The Morgan fingerprint density at radius 1 is 0.816 bits per heavy atom. The Kier molecular flexibility index (Phi) is 7.99. The number of aromatic nitrogens is 3. The van der Waals surface area contributed by atoms with Crippen LogP contribution < -0.4 is 0 Å². The topological polar surface area (TPSA) is 43.9 Å². The van der Waals surface area contributed by atoms with Gasteiger partial charge in [-0.1, -0.05) is 91.9 Å². The van der Waals surface area contributed by atoms with Crippen LogP contribution in [0, 0.1) is 38.2 Å². The van der Waals surface area contributed by atoms with E-state index >= 15 is 0 Å². The van der Waals surface area contributed by atoms with Gasteiger partial charge < -0.3 is 14.0 Å². The summed E-state index contributed by atoms with van der Waals surface area (Å²) in [7, 11) is 0. The minimum Gasteiger partial charge on any atom is -0.501 e. The van der Waals surface area contributed by atoms with Gasteiger partial charge in [0.2, 0.25) is 0 Å². The van der Waals surface area contributed by atoms with Gasteiger partial charge in [-0.3, -0.25) is 4.98 Å². The van der Waals surface area contributed by atoms with Crippen LogP contribution in [-0.4, -0.2) is 14.5 Å². The fraction of sp³-hybridized carbons (Fsp3) is 0.182. The largest absolute Gasteiger partial charge is 0.501 e. The smallest absolute Gasteiger partial charge is 0.120 e. The number of nitrogens with zero attached hydrogens (tertiary/aromatic N) is 3. The van der Waals surface area contributed by atoms with Crippen LogP contribution in [0.25, 0.3) is 61.3 Å². The Morgan fingerprint density at radius 3 is 2.33 bits per heavy atom. The monoisotopic (exact) mass is 823 g/mol. The van der Waals surface area contributed by atoms with Gasteiger partial charge in [0.15, 0.2) is 0 Å². The fourth-order valence-corrected chi connectivity index (χ4v) is 6.10. The van der Waals surface area contributed by atoms with Crippen molar-refractivity contribution in [1.82, 2.24) is 14.5 Å². The van der Waals surface area contributed by atoms with Crippen molar-refractivity contribution in [3.8, 4) is 28.3 Å². The van der Waals surface area contributed by atoms with Gasteiger partial charge in [-0.05, 0) is 73.1 Å². The number of fused-ring (bicyclic) bond motifs is 4. The van der Waals surface area contributed by atoms with E-state index in [0.29, 0.717) is 16.8 Å². The SMILES string of the molecule is Cc1cccc(C)c1-n1c(-c2[c-]cccc2)nc2ccccc21.[2H]C([2H])([2H])c1cnc(-c2[c-]ccc3c2oc2ccccc23)cc1C([2H])([2H])C(C)(C)C.[Ir]. The molecule has 8 aromatic rings. The summed E-state index contributed by atoms with van der Waals surface area (Å²) in [5.74, 6) is 0.934. The van der Waals surface area contributed by atoms with E-state index in [4.69, 9.17) is 16.3 Å². The second kappa shape index (κ2) is 14.0. The number of pyridine rings is 1. The first kappa shape index (κ1) is 28.1. The Labute approximate surface area is 309 Å². The van der Waals surface area contributed by atoms with Gasteiger partial charge in [0.05, 0.1) is 22.4 Å². The van der Waals surface area contributed by atoms with Gasteiger partial charge in [-0.15, -0.1) is 54.1 Å². The molecule has 49 heavy (non-hydrogen) atoms. The van der Waals surface area contributed by atoms with Crippen molar-refractivity contribution in [1.29, 1.82) is 0 Å². The first-order chi connectivity index (χ1) is 25.2.